The van der Waals surface area contributed by atoms with Crippen LogP contribution < -0.4 is 16.2 Å². The first-order valence-electron chi connectivity index (χ1n) is 14.5. The van der Waals surface area contributed by atoms with Crippen LogP contribution in [0.25, 0.3) is 11.4 Å². The van der Waals surface area contributed by atoms with Crippen LogP contribution in [-0.4, -0.2) is 55.7 Å². The number of amides is 2. The van der Waals surface area contributed by atoms with Gasteiger partial charge in [0.1, 0.15) is 18.1 Å². The number of rotatable bonds is 11. The van der Waals surface area contributed by atoms with Crippen LogP contribution in [0.15, 0.2) is 57.9 Å². The van der Waals surface area contributed by atoms with E-state index in [0.717, 1.165) is 16.6 Å². The Kier molecular flexibility index (Phi) is 9.90. The lowest BCUT2D eigenvalue weighted by Gasteiger charge is -2.21. The van der Waals surface area contributed by atoms with E-state index >= 15 is 0 Å². The third-order valence-electron chi connectivity index (χ3n) is 7.41. The fourth-order valence-corrected chi connectivity index (χ4v) is 4.63. The highest BCUT2D eigenvalue weighted by Crippen LogP contribution is 2.29. The summed E-state index contributed by atoms with van der Waals surface area (Å²) in [6, 6.07) is 11.6. The zero-order valence-electron chi connectivity index (χ0n) is 26.4. The second-order valence-electron chi connectivity index (χ2n) is 11.4. The van der Waals surface area contributed by atoms with Gasteiger partial charge in [0.05, 0.1) is 30.0 Å². The molecule has 236 valence electrons. The molecule has 2 N–H and O–H groups in total. The number of ether oxygens (including phenoxy) is 1. The monoisotopic (exact) mass is 615 g/mol. The van der Waals surface area contributed by atoms with Crippen molar-refractivity contribution in [1.82, 2.24) is 30.0 Å². The van der Waals surface area contributed by atoms with Gasteiger partial charge in [-0.3, -0.25) is 29.3 Å². The molecule has 0 aliphatic heterocycles. The number of ketones is 1. The second-order valence-corrected chi connectivity index (χ2v) is 11.4. The van der Waals surface area contributed by atoms with E-state index in [2.05, 4.69) is 35.5 Å². The number of nitrogens with one attached hydrogen (secondary N) is 2. The molecular weight excluding hydrogens is 578 g/mol. The lowest BCUT2D eigenvalue weighted by Crippen LogP contribution is -2.47. The highest BCUT2D eigenvalue weighted by molar-refractivity contribution is 5.98. The number of methoxy groups -OCH3 is 1. The van der Waals surface area contributed by atoms with Gasteiger partial charge in [-0.05, 0) is 44.7 Å². The summed E-state index contributed by atoms with van der Waals surface area (Å²) in [5, 5.41) is 13.2. The van der Waals surface area contributed by atoms with Gasteiger partial charge in [-0.1, -0.05) is 57.2 Å². The SMILES string of the molecule is CCc1ccc(C(C)(C)c2nnc(C(=O)[C@H](NC(=O)Cn3c(-c4ccccc4)nc(C)c(NC(=O)OC)c3=O)C(C)C)o2)nc1. The van der Waals surface area contributed by atoms with Gasteiger partial charge in [0.25, 0.3) is 11.4 Å². The number of aromatic nitrogens is 5. The van der Waals surface area contributed by atoms with Crippen molar-refractivity contribution in [3.05, 3.63) is 87.7 Å². The molecule has 13 nitrogen and oxygen atoms in total. The predicted molar refractivity (Wildman–Crippen MR) is 166 cm³/mol. The van der Waals surface area contributed by atoms with E-state index in [9.17, 15) is 19.2 Å². The number of carbonyl (C=O) groups is 3. The fraction of sp³-hybridized carbons (Fsp3) is 0.375. The number of carbonyl (C=O) groups excluding carboxylic acids is 3. The maximum atomic E-state index is 13.6. The fourth-order valence-electron chi connectivity index (χ4n) is 4.63. The molecule has 0 spiro atoms. The molecule has 0 fully saturated rings. The van der Waals surface area contributed by atoms with Crippen molar-refractivity contribution in [3.8, 4) is 11.4 Å². The molecule has 13 heteroatoms. The number of pyridine rings is 1. The Hall–Kier alpha value is -5.20. The van der Waals surface area contributed by atoms with Crippen molar-refractivity contribution in [2.75, 3.05) is 12.4 Å². The van der Waals surface area contributed by atoms with Crippen molar-refractivity contribution in [1.29, 1.82) is 0 Å². The van der Waals surface area contributed by atoms with E-state index in [-0.39, 0.29) is 34.9 Å². The van der Waals surface area contributed by atoms with Gasteiger partial charge in [-0.15, -0.1) is 10.2 Å². The Morgan fingerprint density at radius 2 is 1.78 bits per heavy atom. The maximum Gasteiger partial charge on any atom is 0.411 e. The standard InChI is InChI=1S/C32H37N7O6/c1-8-20-14-15-22(33-16-20)32(5,6)30-38-37-28(45-30)26(41)24(18(2)3)35-23(40)17-39-27(21-12-10-9-11-13-21)34-19(4)25(29(39)42)36-31(43)44-7/h9-16,18,24H,8,17H2,1-7H3,(H,35,40)(H,36,43)/t24-/m1/s1. The van der Waals surface area contributed by atoms with Crippen LogP contribution in [0.5, 0.6) is 0 Å². The molecule has 0 bridgehead atoms. The molecule has 0 aliphatic rings. The van der Waals surface area contributed by atoms with Crippen LogP contribution in [0, 0.1) is 12.8 Å². The molecular formula is C32H37N7O6. The second kappa shape index (κ2) is 13.6. The van der Waals surface area contributed by atoms with Crippen LogP contribution >= 0.6 is 0 Å². The van der Waals surface area contributed by atoms with Gasteiger partial charge in [0.2, 0.25) is 17.6 Å². The smallest absolute Gasteiger partial charge is 0.411 e. The van der Waals surface area contributed by atoms with E-state index < -0.39 is 41.3 Å². The largest absolute Gasteiger partial charge is 0.453 e. The average molecular weight is 616 g/mol. The maximum absolute atomic E-state index is 13.6. The predicted octanol–water partition coefficient (Wildman–Crippen LogP) is 4.09. The van der Waals surface area contributed by atoms with Crippen LogP contribution in [0.1, 0.15) is 68.1 Å². The van der Waals surface area contributed by atoms with Crippen LogP contribution in [-0.2, 0) is 27.9 Å². The third kappa shape index (κ3) is 7.14. The molecule has 2 amide bonds. The van der Waals surface area contributed by atoms with Crippen LogP contribution in [0.4, 0.5) is 10.5 Å². The number of hydrogen-bond acceptors (Lipinski definition) is 10. The highest BCUT2D eigenvalue weighted by atomic mass is 16.5. The quantitative estimate of drug-likeness (QED) is 0.234. The average Bonchev–Trinajstić information content (AvgIpc) is 3.54. The first-order chi connectivity index (χ1) is 21.4. The molecule has 0 radical (unpaired) electrons. The number of hydrogen-bond donors (Lipinski definition) is 2. The van der Waals surface area contributed by atoms with E-state index in [1.54, 1.807) is 57.3 Å². The summed E-state index contributed by atoms with van der Waals surface area (Å²) in [7, 11) is 1.17. The van der Waals surface area contributed by atoms with Crippen LogP contribution in [0.2, 0.25) is 0 Å². The molecule has 0 saturated carbocycles. The van der Waals surface area contributed by atoms with E-state index in [4.69, 9.17) is 4.42 Å². The molecule has 3 heterocycles. The van der Waals surface area contributed by atoms with E-state index in [0.29, 0.717) is 11.3 Å². The minimum Gasteiger partial charge on any atom is -0.453 e. The Morgan fingerprint density at radius 1 is 1.07 bits per heavy atom. The van der Waals surface area contributed by atoms with Crippen molar-refractivity contribution in [2.45, 2.75) is 66.0 Å². The zero-order valence-corrected chi connectivity index (χ0v) is 26.4. The van der Waals surface area contributed by atoms with Crippen molar-refractivity contribution in [2.24, 2.45) is 5.92 Å². The first kappa shape index (κ1) is 32.7. The first-order valence-corrected chi connectivity index (χ1v) is 14.5. The molecule has 3 aromatic heterocycles. The van der Waals surface area contributed by atoms with Crippen molar-refractivity contribution in [3.63, 3.8) is 0 Å². The van der Waals surface area contributed by atoms with Crippen molar-refractivity contribution >= 4 is 23.5 Å². The zero-order chi connectivity index (χ0) is 32.9. The molecule has 0 unspecified atom stereocenters. The molecule has 0 saturated heterocycles. The minimum absolute atomic E-state index is 0.134. The lowest BCUT2D eigenvalue weighted by atomic mass is 9.88. The van der Waals surface area contributed by atoms with Gasteiger partial charge in [0.15, 0.2) is 0 Å². The summed E-state index contributed by atoms with van der Waals surface area (Å²) in [4.78, 5) is 61.5. The molecule has 4 aromatic rings. The Morgan fingerprint density at radius 3 is 2.38 bits per heavy atom. The van der Waals surface area contributed by atoms with Gasteiger partial charge >= 0.3 is 6.09 Å². The summed E-state index contributed by atoms with van der Waals surface area (Å²) in [5.74, 6) is -1.44. The Labute approximate surface area is 260 Å². The Bertz CT molecular complexity index is 1740. The summed E-state index contributed by atoms with van der Waals surface area (Å²) < 4.78 is 11.6. The summed E-state index contributed by atoms with van der Waals surface area (Å²) in [6.07, 6.45) is 1.78. The summed E-state index contributed by atoms with van der Waals surface area (Å²) >= 11 is 0. The molecule has 4 rings (SSSR count). The molecule has 1 atom stereocenters. The van der Waals surface area contributed by atoms with Gasteiger partial charge in [-0.2, -0.15) is 0 Å². The molecule has 0 aliphatic carbocycles. The number of Topliss-reactive ketones (excluding diaryl/α,β-unsaturated/α-hetero) is 1. The number of aryl methyl sites for hydroxylation is 2. The third-order valence-corrected chi connectivity index (χ3v) is 7.41. The topological polar surface area (TPSA) is 171 Å². The number of benzene rings is 1. The van der Waals surface area contributed by atoms with E-state index in [1.807, 2.05) is 32.9 Å². The van der Waals surface area contributed by atoms with Gasteiger partial charge in [-0.25, -0.2) is 9.78 Å². The van der Waals surface area contributed by atoms with Gasteiger partial charge < -0.3 is 14.5 Å². The van der Waals surface area contributed by atoms with Crippen molar-refractivity contribution < 1.29 is 23.5 Å². The Balaban J connectivity index is 1.61. The van der Waals surface area contributed by atoms with Gasteiger partial charge in [0, 0.05) is 11.8 Å². The van der Waals surface area contributed by atoms with Crippen LogP contribution in [0.3, 0.4) is 0 Å². The summed E-state index contributed by atoms with van der Waals surface area (Å²) in [6.45, 7) is 10.4. The lowest BCUT2D eigenvalue weighted by molar-refractivity contribution is -0.122. The minimum atomic E-state index is -1.04. The number of anilines is 1. The van der Waals surface area contributed by atoms with E-state index in [1.165, 1.54) is 7.11 Å². The summed E-state index contributed by atoms with van der Waals surface area (Å²) in [5.41, 5.74) is 1.02. The highest BCUT2D eigenvalue weighted by Gasteiger charge is 2.35. The normalized spacial score (nSPS) is 12.1. The molecule has 45 heavy (non-hydrogen) atoms. The molecule has 1 aromatic carbocycles. The number of nitrogens with zero attached hydrogens (tertiary/aromatic N) is 5.